The van der Waals surface area contributed by atoms with Crippen LogP contribution >= 0.6 is 0 Å². The zero-order valence-corrected chi connectivity index (χ0v) is 17.4. The van der Waals surface area contributed by atoms with E-state index in [0.29, 0.717) is 5.92 Å². The van der Waals surface area contributed by atoms with Crippen LogP contribution in [-0.4, -0.2) is 32.8 Å². The Morgan fingerprint density at radius 2 is 1.80 bits per heavy atom. The van der Waals surface area contributed by atoms with Crippen molar-refractivity contribution < 1.29 is 0 Å². The number of piperidine rings is 1. The second-order valence-electron chi connectivity index (χ2n) is 8.19. The molecule has 1 saturated heterocycles. The smallest absolute Gasteiger partial charge is 0.229 e. The predicted octanol–water partition coefficient (Wildman–Crippen LogP) is 5.10. The summed E-state index contributed by atoms with van der Waals surface area (Å²) >= 11 is 0. The van der Waals surface area contributed by atoms with Crippen LogP contribution in [0, 0.1) is 12.8 Å². The Bertz CT molecular complexity index is 1150. The number of fused-ring (bicyclic) bond motifs is 1. The molecule has 3 heterocycles. The van der Waals surface area contributed by atoms with Gasteiger partial charge in [-0.05, 0) is 49.9 Å². The van der Waals surface area contributed by atoms with Gasteiger partial charge in [0.1, 0.15) is 5.82 Å². The van der Waals surface area contributed by atoms with Crippen molar-refractivity contribution in [1.82, 2.24) is 19.7 Å². The lowest BCUT2D eigenvalue weighted by atomic mass is 10.0. The fraction of sp³-hybridized carbons (Fsp3) is 0.292. The van der Waals surface area contributed by atoms with Crippen LogP contribution in [0.3, 0.4) is 0 Å². The fourth-order valence-electron chi connectivity index (χ4n) is 4.04. The zero-order chi connectivity index (χ0) is 20.5. The molecule has 6 heteroatoms. The maximum Gasteiger partial charge on any atom is 0.229 e. The van der Waals surface area contributed by atoms with Crippen LogP contribution in [0.5, 0.6) is 0 Å². The molecule has 2 aromatic heterocycles. The van der Waals surface area contributed by atoms with Crippen LogP contribution in [-0.2, 0) is 0 Å². The zero-order valence-electron chi connectivity index (χ0n) is 17.4. The van der Waals surface area contributed by atoms with Gasteiger partial charge in [-0.1, -0.05) is 42.8 Å². The highest BCUT2D eigenvalue weighted by Gasteiger charge is 2.22. The molecule has 1 aliphatic heterocycles. The molecule has 0 unspecified atom stereocenters. The minimum Gasteiger partial charge on any atom is -0.340 e. The summed E-state index contributed by atoms with van der Waals surface area (Å²) in [5.74, 6) is 2.20. The lowest BCUT2D eigenvalue weighted by Crippen LogP contribution is -2.35. The largest absolute Gasteiger partial charge is 0.340 e. The normalized spacial score (nSPS) is 16.7. The van der Waals surface area contributed by atoms with Crippen LogP contribution < -0.4 is 10.2 Å². The maximum absolute atomic E-state index is 4.96. The highest BCUT2D eigenvalue weighted by molar-refractivity contribution is 5.90. The number of nitrogens with zero attached hydrogens (tertiary/aromatic N) is 5. The predicted molar refractivity (Wildman–Crippen MR) is 122 cm³/mol. The molecule has 1 fully saturated rings. The first kappa shape index (κ1) is 18.6. The minimum atomic E-state index is 0.644. The third-order valence-electron chi connectivity index (χ3n) is 5.67. The molecule has 0 aliphatic carbocycles. The van der Waals surface area contributed by atoms with Gasteiger partial charge in [0, 0.05) is 18.8 Å². The molecule has 5 rings (SSSR count). The second-order valence-corrected chi connectivity index (χ2v) is 8.19. The molecule has 4 aromatic rings. The van der Waals surface area contributed by atoms with Crippen molar-refractivity contribution >= 4 is 28.5 Å². The first-order valence-corrected chi connectivity index (χ1v) is 10.6. The Labute approximate surface area is 176 Å². The standard InChI is InChI=1S/C24H26N6/c1-17-10-12-19(13-11-17)26-22-21-15-25-30(20-8-4-3-5-9-20)23(21)28-24(27-22)29-14-6-7-18(2)16-29/h3-5,8-13,15,18H,6-7,14,16H2,1-2H3,(H,26,27,28)/t18-/m1/s1. The van der Waals surface area contributed by atoms with E-state index in [1.165, 1.54) is 18.4 Å². The first-order chi connectivity index (χ1) is 14.7. The van der Waals surface area contributed by atoms with Crippen LogP contribution in [0.15, 0.2) is 60.8 Å². The van der Waals surface area contributed by atoms with Crippen LogP contribution in [0.1, 0.15) is 25.3 Å². The number of nitrogens with one attached hydrogen (secondary N) is 1. The van der Waals surface area contributed by atoms with Crippen molar-refractivity contribution in [2.45, 2.75) is 26.7 Å². The molecule has 2 aromatic carbocycles. The Kier molecular flexibility index (Phi) is 4.83. The van der Waals surface area contributed by atoms with E-state index in [0.717, 1.165) is 47.3 Å². The number of para-hydroxylation sites is 1. The highest BCUT2D eigenvalue weighted by atomic mass is 15.3. The van der Waals surface area contributed by atoms with Crippen molar-refractivity contribution in [3.05, 3.63) is 66.4 Å². The summed E-state index contributed by atoms with van der Waals surface area (Å²) in [6.45, 7) is 6.35. The van der Waals surface area contributed by atoms with Crippen molar-refractivity contribution in [2.75, 3.05) is 23.3 Å². The van der Waals surface area contributed by atoms with Gasteiger partial charge in [0.25, 0.3) is 0 Å². The average molecular weight is 399 g/mol. The Morgan fingerprint density at radius 3 is 2.57 bits per heavy atom. The van der Waals surface area contributed by atoms with Crippen molar-refractivity contribution in [3.8, 4) is 5.69 Å². The van der Waals surface area contributed by atoms with E-state index in [2.05, 4.69) is 53.4 Å². The van der Waals surface area contributed by atoms with E-state index < -0.39 is 0 Å². The summed E-state index contributed by atoms with van der Waals surface area (Å²) in [6, 6.07) is 18.5. The molecule has 1 N–H and O–H groups in total. The third kappa shape index (κ3) is 3.61. The monoisotopic (exact) mass is 398 g/mol. The van der Waals surface area contributed by atoms with Crippen molar-refractivity contribution in [2.24, 2.45) is 5.92 Å². The molecule has 1 atom stereocenters. The van der Waals surface area contributed by atoms with Gasteiger partial charge in [-0.3, -0.25) is 0 Å². The molecule has 0 radical (unpaired) electrons. The first-order valence-electron chi connectivity index (χ1n) is 10.6. The quantitative estimate of drug-likeness (QED) is 0.518. The van der Waals surface area contributed by atoms with Crippen molar-refractivity contribution in [1.29, 1.82) is 0 Å². The lowest BCUT2D eigenvalue weighted by molar-refractivity contribution is 0.442. The van der Waals surface area contributed by atoms with Crippen LogP contribution in [0.2, 0.25) is 0 Å². The number of aromatic nitrogens is 4. The van der Waals surface area contributed by atoms with Crippen LogP contribution in [0.4, 0.5) is 17.5 Å². The maximum atomic E-state index is 4.96. The molecular weight excluding hydrogens is 372 g/mol. The second kappa shape index (κ2) is 7.78. The van der Waals surface area contributed by atoms with E-state index in [-0.39, 0.29) is 0 Å². The molecule has 152 valence electrons. The van der Waals surface area contributed by atoms with E-state index >= 15 is 0 Å². The number of benzene rings is 2. The topological polar surface area (TPSA) is 58.9 Å². The Balaban J connectivity index is 1.63. The van der Waals surface area contributed by atoms with E-state index in [4.69, 9.17) is 9.97 Å². The lowest BCUT2D eigenvalue weighted by Gasteiger charge is -2.31. The van der Waals surface area contributed by atoms with Gasteiger partial charge < -0.3 is 10.2 Å². The number of aryl methyl sites for hydroxylation is 1. The summed E-state index contributed by atoms with van der Waals surface area (Å²) in [6.07, 6.45) is 4.28. The number of hydrogen-bond donors (Lipinski definition) is 1. The van der Waals surface area contributed by atoms with Gasteiger partial charge in [-0.15, -0.1) is 0 Å². The average Bonchev–Trinajstić information content (AvgIpc) is 3.20. The van der Waals surface area contributed by atoms with Crippen molar-refractivity contribution in [3.63, 3.8) is 0 Å². The minimum absolute atomic E-state index is 0.644. The van der Waals surface area contributed by atoms with Gasteiger partial charge in [0.05, 0.1) is 17.3 Å². The summed E-state index contributed by atoms with van der Waals surface area (Å²) in [5, 5.41) is 9.05. The number of rotatable bonds is 4. The van der Waals surface area contributed by atoms with Gasteiger partial charge in [-0.2, -0.15) is 15.1 Å². The van der Waals surface area contributed by atoms with Crippen LogP contribution in [0.25, 0.3) is 16.7 Å². The summed E-state index contributed by atoms with van der Waals surface area (Å²) < 4.78 is 1.90. The molecule has 0 saturated carbocycles. The van der Waals surface area contributed by atoms with Gasteiger partial charge in [0.2, 0.25) is 5.95 Å². The Morgan fingerprint density at radius 1 is 1.00 bits per heavy atom. The molecule has 0 bridgehead atoms. The fourth-order valence-corrected chi connectivity index (χ4v) is 4.04. The molecule has 0 amide bonds. The van der Waals surface area contributed by atoms with E-state index in [9.17, 15) is 0 Å². The molecular formula is C24H26N6. The summed E-state index contributed by atoms with van der Waals surface area (Å²) in [4.78, 5) is 12.2. The summed E-state index contributed by atoms with van der Waals surface area (Å²) in [7, 11) is 0. The molecule has 6 nitrogen and oxygen atoms in total. The van der Waals surface area contributed by atoms with Gasteiger partial charge >= 0.3 is 0 Å². The number of hydrogen-bond acceptors (Lipinski definition) is 5. The molecule has 1 aliphatic rings. The SMILES string of the molecule is Cc1ccc(Nc2nc(N3CCC[C@@H](C)C3)nc3c2cnn3-c2ccccc2)cc1. The summed E-state index contributed by atoms with van der Waals surface area (Å²) in [5.41, 5.74) is 4.05. The highest BCUT2D eigenvalue weighted by Crippen LogP contribution is 2.29. The van der Waals surface area contributed by atoms with Gasteiger partial charge in [0.15, 0.2) is 5.65 Å². The van der Waals surface area contributed by atoms with E-state index in [1.54, 1.807) is 0 Å². The van der Waals surface area contributed by atoms with Gasteiger partial charge in [-0.25, -0.2) is 4.68 Å². The van der Waals surface area contributed by atoms with E-state index in [1.807, 2.05) is 41.2 Å². The molecule has 0 spiro atoms. The Hall–Kier alpha value is -3.41. The molecule has 30 heavy (non-hydrogen) atoms. The number of anilines is 3. The third-order valence-corrected chi connectivity index (χ3v) is 5.67.